The van der Waals surface area contributed by atoms with Crippen molar-refractivity contribution in [3.05, 3.63) is 48.0 Å². The number of nitrogens with two attached hydrogens (primary N) is 1. The quantitative estimate of drug-likeness (QED) is 0.598. The lowest BCUT2D eigenvalue weighted by Crippen LogP contribution is -2.51. The summed E-state index contributed by atoms with van der Waals surface area (Å²) >= 11 is 0. The molecule has 13 heteroatoms. The molecule has 1 aliphatic heterocycles. The number of hydrogen-bond acceptors (Lipinski definition) is 6. The van der Waals surface area contributed by atoms with Gasteiger partial charge in [-0.1, -0.05) is 26.0 Å². The van der Waals surface area contributed by atoms with Gasteiger partial charge in [0, 0.05) is 36.0 Å². The van der Waals surface area contributed by atoms with E-state index in [1.807, 2.05) is 0 Å². The highest BCUT2D eigenvalue weighted by Crippen LogP contribution is 2.59. The molecule has 1 atom stereocenters. The van der Waals surface area contributed by atoms with Crippen LogP contribution in [-0.2, 0) is 21.1 Å². The maximum atomic E-state index is 15.2. The summed E-state index contributed by atoms with van der Waals surface area (Å²) in [5, 5.41) is 7.12. The summed E-state index contributed by atoms with van der Waals surface area (Å²) in [6.45, 7) is 2.90. The molecule has 1 aromatic carbocycles. The Hall–Kier alpha value is -3.64. The molecule has 2 aromatic rings. The number of guanidine groups is 1. The van der Waals surface area contributed by atoms with E-state index < -0.39 is 34.9 Å². The van der Waals surface area contributed by atoms with Crippen LogP contribution in [-0.4, -0.2) is 51.0 Å². The van der Waals surface area contributed by atoms with Crippen LogP contribution in [0.25, 0.3) is 11.1 Å². The molecule has 2 aliphatic rings. The molecule has 1 unspecified atom stereocenters. The number of aliphatic carboxylic acids is 1. The van der Waals surface area contributed by atoms with E-state index >= 15 is 8.78 Å². The molecule has 0 radical (unpaired) electrons. The third-order valence-corrected chi connectivity index (χ3v) is 5.80. The normalized spacial score (nSPS) is 22.5. The largest absolute Gasteiger partial charge is 0.490 e. The van der Waals surface area contributed by atoms with Gasteiger partial charge in [-0.25, -0.2) is 28.5 Å². The average molecular weight is 485 g/mol. The third-order valence-electron chi connectivity index (χ3n) is 5.80. The van der Waals surface area contributed by atoms with E-state index in [0.717, 1.165) is 0 Å². The van der Waals surface area contributed by atoms with Crippen molar-refractivity contribution in [2.45, 2.75) is 37.9 Å². The van der Waals surface area contributed by atoms with E-state index in [1.165, 1.54) is 38.2 Å². The molecule has 34 heavy (non-hydrogen) atoms. The van der Waals surface area contributed by atoms with Crippen LogP contribution in [0, 0.1) is 5.41 Å². The number of rotatable bonds is 1. The van der Waals surface area contributed by atoms with Gasteiger partial charge in [0.1, 0.15) is 6.33 Å². The molecule has 0 saturated carbocycles. The van der Waals surface area contributed by atoms with E-state index in [4.69, 9.17) is 15.6 Å². The zero-order chi connectivity index (χ0) is 25.7. The Morgan fingerprint density at radius 3 is 2.15 bits per heavy atom. The van der Waals surface area contributed by atoms with Crippen LogP contribution >= 0.6 is 0 Å². The predicted molar refractivity (Wildman–Crippen MR) is 110 cm³/mol. The Morgan fingerprint density at radius 2 is 1.68 bits per heavy atom. The van der Waals surface area contributed by atoms with Crippen LogP contribution in [0.4, 0.5) is 22.0 Å². The Kier molecular flexibility index (Phi) is 5.87. The number of alkyl halides is 5. The third kappa shape index (κ3) is 3.94. The van der Waals surface area contributed by atoms with Crippen LogP contribution in [0.1, 0.15) is 31.4 Å². The van der Waals surface area contributed by atoms with Crippen molar-refractivity contribution < 1.29 is 36.6 Å². The molecule has 0 saturated heterocycles. The van der Waals surface area contributed by atoms with Crippen LogP contribution < -0.4 is 5.73 Å². The number of amides is 1. The summed E-state index contributed by atoms with van der Waals surface area (Å²) in [5.41, 5.74) is 4.26. The van der Waals surface area contributed by atoms with E-state index in [-0.39, 0.29) is 23.5 Å². The minimum atomic E-state index is -5.08. The van der Waals surface area contributed by atoms with Crippen LogP contribution in [0.2, 0.25) is 0 Å². The fraction of sp³-hybridized carbons (Fsp3) is 0.381. The van der Waals surface area contributed by atoms with Gasteiger partial charge in [-0.3, -0.25) is 9.69 Å². The van der Waals surface area contributed by atoms with Gasteiger partial charge in [-0.15, -0.1) is 0 Å². The van der Waals surface area contributed by atoms with Crippen molar-refractivity contribution >= 4 is 17.8 Å². The monoisotopic (exact) mass is 485 g/mol. The molecule has 0 fully saturated rings. The van der Waals surface area contributed by atoms with Gasteiger partial charge >= 0.3 is 12.1 Å². The molecule has 1 aliphatic carbocycles. The number of carboxylic acids is 1. The summed E-state index contributed by atoms with van der Waals surface area (Å²) < 4.78 is 62.2. The fourth-order valence-electron chi connectivity index (χ4n) is 3.99. The lowest BCUT2D eigenvalue weighted by Gasteiger charge is -2.46. The van der Waals surface area contributed by atoms with Crippen molar-refractivity contribution in [3.63, 3.8) is 0 Å². The van der Waals surface area contributed by atoms with Crippen molar-refractivity contribution in [3.8, 4) is 11.1 Å². The maximum Gasteiger partial charge on any atom is 0.490 e. The van der Waals surface area contributed by atoms with E-state index in [1.54, 1.807) is 24.5 Å². The molecule has 1 spiro atoms. The standard InChI is InChI=1S/C19H19F2N5O.C2HF3O2/c1-17(2)9-18(15(27)26(3)16(22)25-18)14-6-11(12-7-23-10-24-8-12)4-5-13(14)19(17,20)21;3-2(4,5)1(6)7/h4-8,10H,9H2,1-3H3,(H2,22,25);(H,6,7). The summed E-state index contributed by atoms with van der Waals surface area (Å²) in [6, 6.07) is 4.55. The SMILES string of the molecule is CN1C(=O)C2(CC(C)(C)C(F)(F)c3ccc(-c4cncnc4)cc32)N=C1N.O=C(O)C(F)(F)F. The van der Waals surface area contributed by atoms with Gasteiger partial charge in [0.2, 0.25) is 0 Å². The Bertz CT molecular complexity index is 1170. The van der Waals surface area contributed by atoms with Gasteiger partial charge < -0.3 is 10.8 Å². The second kappa shape index (κ2) is 7.99. The van der Waals surface area contributed by atoms with Gasteiger partial charge in [0.05, 0.1) is 0 Å². The number of carboxylic acid groups (broad SMARTS) is 1. The number of carbonyl (C=O) groups is 2. The highest BCUT2D eigenvalue weighted by atomic mass is 19.4. The van der Waals surface area contributed by atoms with E-state index in [0.29, 0.717) is 11.1 Å². The molecule has 182 valence electrons. The van der Waals surface area contributed by atoms with Crippen molar-refractivity contribution in [1.29, 1.82) is 0 Å². The first kappa shape index (κ1) is 25.0. The van der Waals surface area contributed by atoms with E-state index in [9.17, 15) is 18.0 Å². The number of hydrogen-bond donors (Lipinski definition) is 2. The lowest BCUT2D eigenvalue weighted by atomic mass is 9.62. The van der Waals surface area contributed by atoms with Crippen molar-refractivity contribution in [2.75, 3.05) is 7.05 Å². The lowest BCUT2D eigenvalue weighted by molar-refractivity contribution is -0.192. The minimum absolute atomic E-state index is 0.0282. The van der Waals surface area contributed by atoms with E-state index in [2.05, 4.69) is 15.0 Å². The molecule has 2 heterocycles. The number of likely N-dealkylation sites (N-methyl/N-ethyl adjacent to an activating group) is 1. The molecule has 1 aromatic heterocycles. The summed E-state index contributed by atoms with van der Waals surface area (Å²) in [6.07, 6.45) is -0.655. The van der Waals surface area contributed by atoms with Gasteiger partial charge in [0.15, 0.2) is 11.5 Å². The Balaban J connectivity index is 0.000000406. The molecule has 8 nitrogen and oxygen atoms in total. The number of aliphatic imine (C=N–C) groups is 1. The molecular formula is C21H20F5N5O3. The van der Waals surface area contributed by atoms with Crippen molar-refractivity contribution in [2.24, 2.45) is 16.1 Å². The molecular weight excluding hydrogens is 465 g/mol. The smallest absolute Gasteiger partial charge is 0.475 e. The second-order valence-electron chi connectivity index (χ2n) is 8.52. The topological polar surface area (TPSA) is 122 Å². The zero-order valence-electron chi connectivity index (χ0n) is 18.2. The Labute approximate surface area is 190 Å². The molecule has 4 rings (SSSR count). The highest BCUT2D eigenvalue weighted by Gasteiger charge is 2.63. The average Bonchev–Trinajstić information content (AvgIpc) is 2.96. The first-order chi connectivity index (χ1) is 15.5. The zero-order valence-corrected chi connectivity index (χ0v) is 18.2. The first-order valence-corrected chi connectivity index (χ1v) is 9.76. The molecule has 1 amide bonds. The van der Waals surface area contributed by atoms with Gasteiger partial charge in [0.25, 0.3) is 11.8 Å². The summed E-state index contributed by atoms with van der Waals surface area (Å²) in [4.78, 5) is 35.5. The van der Waals surface area contributed by atoms with Crippen molar-refractivity contribution in [1.82, 2.24) is 14.9 Å². The maximum absolute atomic E-state index is 15.2. The first-order valence-electron chi connectivity index (χ1n) is 9.76. The number of nitrogens with zero attached hydrogens (tertiary/aromatic N) is 4. The minimum Gasteiger partial charge on any atom is -0.475 e. The summed E-state index contributed by atoms with van der Waals surface area (Å²) in [7, 11) is 1.50. The fourth-order valence-corrected chi connectivity index (χ4v) is 3.99. The molecule has 0 bridgehead atoms. The van der Waals surface area contributed by atoms with Crippen LogP contribution in [0.15, 0.2) is 41.9 Å². The highest BCUT2D eigenvalue weighted by molar-refractivity contribution is 6.07. The number of fused-ring (bicyclic) bond motifs is 2. The second-order valence-corrected chi connectivity index (χ2v) is 8.52. The number of aromatic nitrogens is 2. The van der Waals surface area contributed by atoms with Crippen LogP contribution in [0.3, 0.4) is 0 Å². The summed E-state index contributed by atoms with van der Waals surface area (Å²) in [5.74, 6) is -6.25. The molecule has 3 N–H and O–H groups in total. The Morgan fingerprint density at radius 1 is 1.12 bits per heavy atom. The van der Waals surface area contributed by atoms with Crippen LogP contribution in [0.5, 0.6) is 0 Å². The van der Waals surface area contributed by atoms with Gasteiger partial charge in [-0.2, -0.15) is 13.2 Å². The number of halogens is 5. The number of benzene rings is 1. The van der Waals surface area contributed by atoms with Gasteiger partial charge in [-0.05, 0) is 23.6 Å². The number of carbonyl (C=O) groups excluding carboxylic acids is 1. The predicted octanol–water partition coefficient (Wildman–Crippen LogP) is 3.28.